The number of likely N-dealkylation sites (tertiary alicyclic amines) is 1. The van der Waals surface area contributed by atoms with Crippen LogP contribution in [0.5, 0.6) is 0 Å². The fraction of sp³-hybridized carbons (Fsp3) is 0.478. The van der Waals surface area contributed by atoms with E-state index < -0.39 is 5.41 Å². The van der Waals surface area contributed by atoms with Crippen LogP contribution in [0.1, 0.15) is 66.3 Å². The molecule has 0 unspecified atom stereocenters. The number of benzene rings is 1. The van der Waals surface area contributed by atoms with Gasteiger partial charge in [-0.05, 0) is 50.2 Å². The van der Waals surface area contributed by atoms with Gasteiger partial charge in [-0.2, -0.15) is 0 Å². The molecule has 1 saturated heterocycles. The van der Waals surface area contributed by atoms with Crippen molar-refractivity contribution in [2.24, 2.45) is 0 Å². The molecule has 3 heterocycles. The molecule has 7 heteroatoms. The average molecular weight is 406 g/mol. The highest BCUT2D eigenvalue weighted by Gasteiger charge is 2.58. The molecular formula is C23H27N5O2. The maximum Gasteiger partial charge on any atom is 0.273 e. The maximum absolute atomic E-state index is 13.8. The highest BCUT2D eigenvalue weighted by atomic mass is 16.2. The Hall–Kier alpha value is -2.96. The number of carbonyl (C=O) groups excluding carboxylic acids is 2. The first-order valence-corrected chi connectivity index (χ1v) is 10.9. The number of nitrogens with zero attached hydrogens (tertiary/aromatic N) is 3. The number of amides is 2. The van der Waals surface area contributed by atoms with Crippen molar-refractivity contribution in [2.75, 3.05) is 17.6 Å². The Balaban J connectivity index is 1.57. The summed E-state index contributed by atoms with van der Waals surface area (Å²) in [4.78, 5) is 37.6. The van der Waals surface area contributed by atoms with E-state index in [1.807, 2.05) is 29.2 Å². The van der Waals surface area contributed by atoms with Crippen molar-refractivity contribution in [3.8, 4) is 0 Å². The highest BCUT2D eigenvalue weighted by molar-refractivity contribution is 6.08. The van der Waals surface area contributed by atoms with Crippen LogP contribution in [0.3, 0.4) is 0 Å². The van der Waals surface area contributed by atoms with E-state index in [0.29, 0.717) is 18.7 Å². The number of hydrogen-bond acceptors (Lipinski definition) is 5. The third-order valence-corrected chi connectivity index (χ3v) is 6.98. The lowest BCUT2D eigenvalue weighted by Crippen LogP contribution is -2.49. The number of aromatic nitrogens is 2. The van der Waals surface area contributed by atoms with Crippen LogP contribution >= 0.6 is 0 Å². The number of rotatable bonds is 3. The third kappa shape index (κ3) is 2.64. The van der Waals surface area contributed by atoms with E-state index in [-0.39, 0.29) is 23.8 Å². The third-order valence-electron chi connectivity index (χ3n) is 6.98. The molecule has 2 amide bonds. The first kappa shape index (κ1) is 19.0. The molecular weight excluding hydrogens is 378 g/mol. The zero-order valence-corrected chi connectivity index (χ0v) is 17.3. The van der Waals surface area contributed by atoms with Crippen LogP contribution in [0, 0.1) is 0 Å². The number of hydrogen-bond donors (Lipinski definition) is 2. The van der Waals surface area contributed by atoms with Crippen LogP contribution in [-0.2, 0) is 23.1 Å². The summed E-state index contributed by atoms with van der Waals surface area (Å²) in [7, 11) is 0. The fourth-order valence-corrected chi connectivity index (χ4v) is 5.65. The van der Waals surface area contributed by atoms with E-state index in [0.717, 1.165) is 61.0 Å². The molecule has 3 aliphatic rings. The largest absolute Gasteiger partial charge is 0.368 e. The summed E-state index contributed by atoms with van der Waals surface area (Å²) in [5.41, 5.74) is 9.41. The lowest BCUT2D eigenvalue weighted by Gasteiger charge is -2.34. The van der Waals surface area contributed by atoms with Gasteiger partial charge in [0.2, 0.25) is 11.9 Å². The Morgan fingerprint density at radius 1 is 1.27 bits per heavy atom. The number of carbonyl (C=O) groups is 2. The summed E-state index contributed by atoms with van der Waals surface area (Å²) in [6.07, 6.45) is 5.98. The second kappa shape index (κ2) is 7.07. The van der Waals surface area contributed by atoms with Gasteiger partial charge in [0.25, 0.3) is 5.91 Å². The number of para-hydroxylation sites is 1. The molecule has 1 aromatic heterocycles. The molecule has 3 N–H and O–H groups in total. The number of fused-ring (bicyclic) bond motifs is 3. The lowest BCUT2D eigenvalue weighted by molar-refractivity contribution is -0.121. The molecule has 30 heavy (non-hydrogen) atoms. The van der Waals surface area contributed by atoms with Crippen molar-refractivity contribution < 1.29 is 9.59 Å². The highest BCUT2D eigenvalue weighted by Crippen LogP contribution is 2.49. The smallest absolute Gasteiger partial charge is 0.273 e. The summed E-state index contributed by atoms with van der Waals surface area (Å²) in [6, 6.07) is 7.66. The van der Waals surface area contributed by atoms with E-state index in [1.54, 1.807) is 0 Å². The summed E-state index contributed by atoms with van der Waals surface area (Å²) < 4.78 is 0. The minimum atomic E-state index is -0.694. The zero-order valence-electron chi connectivity index (χ0n) is 17.3. The number of aryl methyl sites for hydroxylation is 1. The molecule has 1 aromatic carbocycles. The standard InChI is InChI=1S/C23H27N5O2/c1-2-7-18-23(15-9-4-6-11-17(15)25-21(23)30)12-13-28(18)20(29)19-14-8-3-5-10-16(14)26-22(24)27-19/h4,6,9,11,18H,2-3,5,7-8,10,12-13H2,1H3,(H,25,30)(H2,24,26,27)/t18-,23+/m0/s1. The van der Waals surface area contributed by atoms with Gasteiger partial charge in [-0.1, -0.05) is 31.5 Å². The van der Waals surface area contributed by atoms with Gasteiger partial charge in [0.05, 0.1) is 11.5 Å². The van der Waals surface area contributed by atoms with Crippen LogP contribution in [0.15, 0.2) is 24.3 Å². The van der Waals surface area contributed by atoms with Crippen molar-refractivity contribution >= 4 is 23.5 Å². The van der Waals surface area contributed by atoms with Crippen molar-refractivity contribution in [3.63, 3.8) is 0 Å². The topological polar surface area (TPSA) is 101 Å². The normalized spacial score (nSPS) is 24.6. The van der Waals surface area contributed by atoms with Gasteiger partial charge in [0.1, 0.15) is 5.69 Å². The summed E-state index contributed by atoms with van der Waals surface area (Å²) in [6.45, 7) is 2.63. The predicted molar refractivity (Wildman–Crippen MR) is 114 cm³/mol. The first-order chi connectivity index (χ1) is 14.6. The van der Waals surface area contributed by atoms with E-state index in [4.69, 9.17) is 5.73 Å². The zero-order chi connectivity index (χ0) is 20.9. The molecule has 7 nitrogen and oxygen atoms in total. The van der Waals surface area contributed by atoms with Crippen LogP contribution in [-0.4, -0.2) is 39.3 Å². The Bertz CT molecular complexity index is 1040. The van der Waals surface area contributed by atoms with Crippen LogP contribution in [0.25, 0.3) is 0 Å². The molecule has 1 fully saturated rings. The monoisotopic (exact) mass is 405 g/mol. The van der Waals surface area contributed by atoms with Gasteiger partial charge in [0, 0.05) is 23.5 Å². The molecule has 2 aromatic rings. The molecule has 156 valence electrons. The van der Waals surface area contributed by atoms with Gasteiger partial charge in [-0.15, -0.1) is 0 Å². The quantitative estimate of drug-likeness (QED) is 0.818. The lowest BCUT2D eigenvalue weighted by atomic mass is 9.73. The Labute approximate surface area is 176 Å². The number of nitrogen functional groups attached to an aromatic ring is 1. The minimum Gasteiger partial charge on any atom is -0.368 e. The molecule has 0 bridgehead atoms. The molecule has 0 radical (unpaired) electrons. The minimum absolute atomic E-state index is 0.00156. The van der Waals surface area contributed by atoms with Crippen molar-refractivity contribution in [1.82, 2.24) is 14.9 Å². The van der Waals surface area contributed by atoms with Gasteiger partial charge >= 0.3 is 0 Å². The number of nitrogens with one attached hydrogen (secondary N) is 1. The van der Waals surface area contributed by atoms with E-state index in [2.05, 4.69) is 22.2 Å². The Kier molecular flexibility index (Phi) is 4.49. The Morgan fingerprint density at radius 2 is 2.07 bits per heavy atom. The molecule has 2 atom stereocenters. The summed E-state index contributed by atoms with van der Waals surface area (Å²) in [5, 5.41) is 3.05. The van der Waals surface area contributed by atoms with Crippen LogP contribution < -0.4 is 11.1 Å². The van der Waals surface area contributed by atoms with E-state index in [9.17, 15) is 9.59 Å². The van der Waals surface area contributed by atoms with Gasteiger partial charge < -0.3 is 16.0 Å². The molecule has 2 aliphatic heterocycles. The fourth-order valence-electron chi connectivity index (χ4n) is 5.65. The van der Waals surface area contributed by atoms with E-state index >= 15 is 0 Å². The number of nitrogens with two attached hydrogens (primary N) is 1. The molecule has 0 saturated carbocycles. The average Bonchev–Trinajstić information content (AvgIpc) is 3.26. The summed E-state index contributed by atoms with van der Waals surface area (Å²) in [5.74, 6) is 0.0420. The first-order valence-electron chi connectivity index (χ1n) is 10.9. The van der Waals surface area contributed by atoms with Crippen molar-refractivity contribution in [3.05, 3.63) is 46.8 Å². The number of anilines is 2. The van der Waals surface area contributed by atoms with Gasteiger partial charge in [-0.25, -0.2) is 9.97 Å². The van der Waals surface area contributed by atoms with Gasteiger partial charge in [-0.3, -0.25) is 9.59 Å². The van der Waals surface area contributed by atoms with Crippen molar-refractivity contribution in [2.45, 2.75) is 63.3 Å². The van der Waals surface area contributed by atoms with Gasteiger partial charge in [0.15, 0.2) is 0 Å². The SMILES string of the molecule is CCC[C@@H]1N(C(=O)c2nc(N)nc3c2CCCC3)CC[C@]12C(=O)Nc1ccccc12. The molecule has 1 aliphatic carbocycles. The summed E-state index contributed by atoms with van der Waals surface area (Å²) >= 11 is 0. The van der Waals surface area contributed by atoms with E-state index in [1.165, 1.54) is 0 Å². The van der Waals surface area contributed by atoms with Crippen molar-refractivity contribution in [1.29, 1.82) is 0 Å². The van der Waals surface area contributed by atoms with Crippen LogP contribution in [0.2, 0.25) is 0 Å². The Morgan fingerprint density at radius 3 is 2.90 bits per heavy atom. The predicted octanol–water partition coefficient (Wildman–Crippen LogP) is 2.84. The molecule has 5 rings (SSSR count). The van der Waals surface area contributed by atoms with Crippen LogP contribution in [0.4, 0.5) is 11.6 Å². The maximum atomic E-state index is 13.8. The molecule has 1 spiro atoms. The second-order valence-corrected chi connectivity index (χ2v) is 8.59. The second-order valence-electron chi connectivity index (χ2n) is 8.59.